The van der Waals surface area contributed by atoms with Crippen LogP contribution in [0.15, 0.2) is 24.3 Å². The van der Waals surface area contributed by atoms with Crippen molar-refractivity contribution >= 4 is 35.8 Å². The molecular formula is C17H27N3O3S. The summed E-state index contributed by atoms with van der Waals surface area (Å²) in [5, 5.41) is 14.8. The Balaban J connectivity index is 2.17. The number of hydroxylamine groups is 1. The van der Waals surface area contributed by atoms with Crippen molar-refractivity contribution < 1.29 is 14.8 Å². The number of unbranched alkanes of at least 4 members (excludes halogenated alkanes) is 3. The third-order valence-corrected chi connectivity index (χ3v) is 3.64. The third kappa shape index (κ3) is 9.42. The van der Waals surface area contributed by atoms with E-state index in [1.54, 1.807) is 5.48 Å². The van der Waals surface area contributed by atoms with Crippen molar-refractivity contribution in [2.24, 2.45) is 0 Å². The highest BCUT2D eigenvalue weighted by Crippen LogP contribution is 2.15. The number of benzene rings is 1. The number of carbonyl (C=O) groups is 2. The van der Waals surface area contributed by atoms with Crippen molar-refractivity contribution in [1.29, 1.82) is 0 Å². The van der Waals surface area contributed by atoms with Crippen LogP contribution in [-0.4, -0.2) is 28.8 Å². The second-order valence-electron chi connectivity index (χ2n) is 5.80. The molecule has 24 heavy (non-hydrogen) atoms. The van der Waals surface area contributed by atoms with Gasteiger partial charge in [-0.3, -0.25) is 14.8 Å². The molecule has 0 heterocycles. The first-order chi connectivity index (χ1) is 11.5. The summed E-state index contributed by atoms with van der Waals surface area (Å²) in [6.07, 6.45) is 4.03. The summed E-state index contributed by atoms with van der Waals surface area (Å²) in [6, 6.07) is 7.60. The maximum Gasteiger partial charge on any atom is 0.243 e. The van der Waals surface area contributed by atoms with E-state index in [-0.39, 0.29) is 17.1 Å². The lowest BCUT2D eigenvalue weighted by Crippen LogP contribution is -2.17. The maximum absolute atomic E-state index is 11.9. The molecule has 1 rings (SSSR count). The molecule has 0 aromatic heterocycles. The molecule has 4 N–H and O–H groups in total. The average Bonchev–Trinajstić information content (AvgIpc) is 2.57. The fourth-order valence-corrected chi connectivity index (χ4v) is 2.23. The van der Waals surface area contributed by atoms with Gasteiger partial charge in [-0.15, -0.1) is 0 Å². The van der Waals surface area contributed by atoms with Gasteiger partial charge in [0.2, 0.25) is 11.8 Å². The van der Waals surface area contributed by atoms with Gasteiger partial charge in [-0.05, 0) is 37.1 Å². The monoisotopic (exact) mass is 353 g/mol. The Labute approximate surface area is 148 Å². The molecule has 7 heteroatoms. The molecule has 0 fully saturated rings. The molecule has 0 radical (unpaired) electrons. The summed E-state index contributed by atoms with van der Waals surface area (Å²) < 4.78 is 0. The highest BCUT2D eigenvalue weighted by molar-refractivity contribution is 7.80. The zero-order valence-corrected chi connectivity index (χ0v) is 14.9. The molecule has 0 bridgehead atoms. The van der Waals surface area contributed by atoms with Crippen molar-refractivity contribution in [3.63, 3.8) is 0 Å². The summed E-state index contributed by atoms with van der Waals surface area (Å²) in [6.45, 7) is 2.81. The highest BCUT2D eigenvalue weighted by atomic mass is 32.1. The first-order valence-electron chi connectivity index (χ1n) is 8.26. The molecule has 1 aromatic rings. The van der Waals surface area contributed by atoms with E-state index < -0.39 is 0 Å². The quantitative estimate of drug-likeness (QED) is 0.183. The number of rotatable bonds is 11. The van der Waals surface area contributed by atoms with Gasteiger partial charge in [0, 0.05) is 36.0 Å². The van der Waals surface area contributed by atoms with Crippen LogP contribution in [0.2, 0.25) is 0 Å². The maximum atomic E-state index is 11.9. The van der Waals surface area contributed by atoms with Crippen LogP contribution in [0.5, 0.6) is 0 Å². The standard InChI is InChI=1S/C17H27N3O3S/c1-13(24)12-18-14-8-10-15(11-9-14)19-16(21)6-4-2-3-5-7-17(22)20-23/h8-11,13,18,23-24H,2-7,12H2,1H3,(H,19,21)(H,20,22). The van der Waals surface area contributed by atoms with E-state index in [2.05, 4.69) is 23.3 Å². The van der Waals surface area contributed by atoms with Gasteiger partial charge >= 0.3 is 0 Å². The van der Waals surface area contributed by atoms with Crippen LogP contribution in [0.1, 0.15) is 45.4 Å². The van der Waals surface area contributed by atoms with Gasteiger partial charge in [0.05, 0.1) is 0 Å². The number of hydrogen-bond donors (Lipinski definition) is 5. The minimum absolute atomic E-state index is 0.00668. The first kappa shape index (κ1) is 20.3. The van der Waals surface area contributed by atoms with E-state index in [4.69, 9.17) is 5.21 Å². The van der Waals surface area contributed by atoms with E-state index in [0.717, 1.165) is 37.2 Å². The van der Waals surface area contributed by atoms with Crippen molar-refractivity contribution in [3.8, 4) is 0 Å². The van der Waals surface area contributed by atoms with Crippen LogP contribution in [0.25, 0.3) is 0 Å². The molecule has 0 aliphatic heterocycles. The topological polar surface area (TPSA) is 90.5 Å². The average molecular weight is 353 g/mol. The second-order valence-corrected chi connectivity index (χ2v) is 6.69. The lowest BCUT2D eigenvalue weighted by atomic mass is 10.1. The minimum atomic E-state index is -0.366. The zero-order valence-electron chi connectivity index (χ0n) is 14.0. The Morgan fingerprint density at radius 2 is 1.54 bits per heavy atom. The number of hydrogen-bond acceptors (Lipinski definition) is 5. The molecule has 134 valence electrons. The first-order valence-corrected chi connectivity index (χ1v) is 8.77. The van der Waals surface area contributed by atoms with E-state index in [0.29, 0.717) is 19.3 Å². The van der Waals surface area contributed by atoms with E-state index in [9.17, 15) is 9.59 Å². The van der Waals surface area contributed by atoms with Crippen LogP contribution < -0.4 is 16.1 Å². The van der Waals surface area contributed by atoms with Crippen LogP contribution in [0.4, 0.5) is 11.4 Å². The number of amides is 2. The van der Waals surface area contributed by atoms with E-state index in [1.165, 1.54) is 0 Å². The van der Waals surface area contributed by atoms with Gasteiger partial charge in [-0.1, -0.05) is 19.8 Å². The van der Waals surface area contributed by atoms with Crippen molar-refractivity contribution in [3.05, 3.63) is 24.3 Å². The Kier molecular flexibility index (Phi) is 9.95. The normalized spacial score (nSPS) is 11.6. The fraction of sp³-hybridized carbons (Fsp3) is 0.529. The largest absolute Gasteiger partial charge is 0.384 e. The highest BCUT2D eigenvalue weighted by Gasteiger charge is 2.04. The predicted octanol–water partition coefficient (Wildman–Crippen LogP) is 3.20. The molecule has 6 nitrogen and oxygen atoms in total. The molecule has 0 saturated heterocycles. The molecule has 1 unspecified atom stereocenters. The Morgan fingerprint density at radius 1 is 1.00 bits per heavy atom. The third-order valence-electron chi connectivity index (χ3n) is 3.45. The molecular weight excluding hydrogens is 326 g/mol. The van der Waals surface area contributed by atoms with Gasteiger partial charge in [-0.2, -0.15) is 12.6 Å². The SMILES string of the molecule is CC(S)CNc1ccc(NC(=O)CCCCCCC(=O)NO)cc1. The summed E-state index contributed by atoms with van der Waals surface area (Å²) in [7, 11) is 0. The lowest BCUT2D eigenvalue weighted by Gasteiger charge is -2.10. The van der Waals surface area contributed by atoms with Gasteiger partial charge in [-0.25, -0.2) is 5.48 Å². The predicted molar refractivity (Wildman–Crippen MR) is 99.6 cm³/mol. The number of carbonyl (C=O) groups excluding carboxylic acids is 2. The smallest absolute Gasteiger partial charge is 0.243 e. The lowest BCUT2D eigenvalue weighted by molar-refractivity contribution is -0.129. The van der Waals surface area contributed by atoms with Crippen molar-refractivity contribution in [2.45, 2.75) is 50.7 Å². The molecule has 1 atom stereocenters. The minimum Gasteiger partial charge on any atom is -0.384 e. The number of nitrogens with one attached hydrogen (secondary N) is 3. The Morgan fingerprint density at radius 3 is 2.08 bits per heavy atom. The molecule has 0 spiro atoms. The zero-order chi connectivity index (χ0) is 17.8. The fourth-order valence-electron chi connectivity index (χ4n) is 2.14. The summed E-state index contributed by atoms with van der Waals surface area (Å²) in [5.41, 5.74) is 3.39. The number of thiol groups is 1. The molecule has 1 aromatic carbocycles. The number of anilines is 2. The van der Waals surface area contributed by atoms with E-state index >= 15 is 0 Å². The van der Waals surface area contributed by atoms with E-state index in [1.807, 2.05) is 31.2 Å². The molecule has 2 amide bonds. The van der Waals surface area contributed by atoms with Crippen LogP contribution in [0, 0.1) is 0 Å². The van der Waals surface area contributed by atoms with Crippen LogP contribution in [-0.2, 0) is 9.59 Å². The van der Waals surface area contributed by atoms with Crippen LogP contribution >= 0.6 is 12.6 Å². The van der Waals surface area contributed by atoms with Crippen LogP contribution in [0.3, 0.4) is 0 Å². The van der Waals surface area contributed by atoms with Gasteiger partial charge in [0.15, 0.2) is 0 Å². The Bertz CT molecular complexity index is 506. The second kappa shape index (κ2) is 11.8. The Hall–Kier alpha value is -1.73. The van der Waals surface area contributed by atoms with Gasteiger partial charge in [0.1, 0.15) is 0 Å². The summed E-state index contributed by atoms with van der Waals surface area (Å²) >= 11 is 4.31. The van der Waals surface area contributed by atoms with Gasteiger partial charge in [0.25, 0.3) is 0 Å². The molecule has 0 aliphatic rings. The van der Waals surface area contributed by atoms with Crippen molar-refractivity contribution in [2.75, 3.05) is 17.2 Å². The van der Waals surface area contributed by atoms with Gasteiger partial charge < -0.3 is 10.6 Å². The molecule has 0 saturated carbocycles. The molecule has 0 aliphatic carbocycles. The van der Waals surface area contributed by atoms with Crippen molar-refractivity contribution in [1.82, 2.24) is 5.48 Å². The summed E-state index contributed by atoms with van der Waals surface area (Å²) in [4.78, 5) is 22.7. The summed E-state index contributed by atoms with van der Waals surface area (Å²) in [5.74, 6) is -0.373.